The van der Waals surface area contributed by atoms with Gasteiger partial charge in [0.05, 0.1) is 5.92 Å². The quantitative estimate of drug-likeness (QED) is 0.893. The molecule has 0 bridgehead atoms. The number of nitrogens with one attached hydrogen (secondary N) is 2. The largest absolute Gasteiger partial charge is 0.373 e. The fraction of sp³-hybridized carbons (Fsp3) is 0.400. The van der Waals surface area contributed by atoms with Crippen LogP contribution in [-0.4, -0.2) is 41.2 Å². The zero-order valence-corrected chi connectivity index (χ0v) is 12.3. The maximum atomic E-state index is 12.1. The number of amides is 1. The topological polar surface area (TPSA) is 73.9 Å². The summed E-state index contributed by atoms with van der Waals surface area (Å²) < 4.78 is 0. The number of fused-ring (bicyclic) bond motifs is 1. The molecule has 1 amide bonds. The fourth-order valence-corrected chi connectivity index (χ4v) is 2.75. The molecule has 1 atom stereocenters. The summed E-state index contributed by atoms with van der Waals surface area (Å²) in [5.41, 5.74) is 2.96. The molecule has 0 saturated carbocycles. The molecule has 1 aliphatic rings. The molecule has 0 fully saturated rings. The smallest absolute Gasteiger partial charge is 0.251 e. The van der Waals surface area contributed by atoms with Gasteiger partial charge in [0.1, 0.15) is 12.2 Å². The molecule has 1 aliphatic heterocycles. The minimum atomic E-state index is -0.0227. The lowest BCUT2D eigenvalue weighted by molar-refractivity contribution is 0.0953. The molecular weight excluding hydrogens is 266 g/mol. The summed E-state index contributed by atoms with van der Waals surface area (Å²) in [6.07, 6.45) is 2.45. The van der Waals surface area contributed by atoms with Gasteiger partial charge in [0.15, 0.2) is 0 Å². The maximum Gasteiger partial charge on any atom is 0.251 e. The van der Waals surface area contributed by atoms with Crippen LogP contribution < -0.4 is 10.2 Å². The van der Waals surface area contributed by atoms with Crippen molar-refractivity contribution in [3.63, 3.8) is 0 Å². The van der Waals surface area contributed by atoms with Crippen LogP contribution in [-0.2, 0) is 0 Å². The number of aromatic nitrogens is 3. The van der Waals surface area contributed by atoms with E-state index in [1.807, 2.05) is 32.2 Å². The van der Waals surface area contributed by atoms with Gasteiger partial charge in [0, 0.05) is 31.4 Å². The van der Waals surface area contributed by atoms with Crippen LogP contribution in [0.5, 0.6) is 0 Å². The number of anilines is 1. The lowest BCUT2D eigenvalue weighted by Crippen LogP contribution is -2.24. The molecule has 3 rings (SSSR count). The van der Waals surface area contributed by atoms with Crippen LogP contribution in [0.3, 0.4) is 0 Å². The fourth-order valence-electron chi connectivity index (χ4n) is 2.75. The lowest BCUT2D eigenvalue weighted by Gasteiger charge is -2.12. The molecule has 2 heterocycles. The van der Waals surface area contributed by atoms with E-state index in [9.17, 15) is 4.79 Å². The van der Waals surface area contributed by atoms with Crippen molar-refractivity contribution in [2.75, 3.05) is 25.0 Å². The van der Waals surface area contributed by atoms with Crippen molar-refractivity contribution in [3.05, 3.63) is 41.5 Å². The highest BCUT2D eigenvalue weighted by molar-refractivity contribution is 5.95. The second kappa shape index (κ2) is 5.55. The van der Waals surface area contributed by atoms with Gasteiger partial charge in [0.2, 0.25) is 0 Å². The van der Waals surface area contributed by atoms with Crippen LogP contribution in [0.2, 0.25) is 0 Å². The number of hydrogen-bond donors (Lipinski definition) is 2. The van der Waals surface area contributed by atoms with Crippen LogP contribution in [0.25, 0.3) is 0 Å². The standard InChI is InChI=1S/C15H19N5O/c1-3-6-16-15(21)10-4-5-13-11(7-10)12(8-20(13)2)14-17-9-18-19-14/h4-5,7,9,12H,3,6,8H2,1-2H3,(H,16,21)(H,17,18,19)/t12-/m0/s1. The van der Waals surface area contributed by atoms with E-state index in [0.29, 0.717) is 12.1 Å². The van der Waals surface area contributed by atoms with Gasteiger partial charge in [-0.25, -0.2) is 4.98 Å². The van der Waals surface area contributed by atoms with Crippen LogP contribution in [0, 0.1) is 0 Å². The first kappa shape index (κ1) is 13.6. The number of nitrogens with zero attached hydrogens (tertiary/aromatic N) is 3. The minimum absolute atomic E-state index is 0.0227. The zero-order valence-electron chi connectivity index (χ0n) is 12.3. The first-order chi connectivity index (χ1) is 10.2. The summed E-state index contributed by atoms with van der Waals surface area (Å²) >= 11 is 0. The first-order valence-corrected chi connectivity index (χ1v) is 7.19. The Morgan fingerprint density at radius 3 is 3.10 bits per heavy atom. The number of H-pyrrole nitrogens is 1. The van der Waals surface area contributed by atoms with E-state index >= 15 is 0 Å². The number of benzene rings is 1. The summed E-state index contributed by atoms with van der Waals surface area (Å²) in [7, 11) is 2.05. The number of rotatable bonds is 4. The predicted octanol–water partition coefficient (Wildman–Crippen LogP) is 1.53. The van der Waals surface area contributed by atoms with Gasteiger partial charge in [-0.1, -0.05) is 6.92 Å². The molecule has 6 heteroatoms. The van der Waals surface area contributed by atoms with Crippen molar-refractivity contribution in [2.45, 2.75) is 19.3 Å². The Bertz CT molecular complexity index is 638. The van der Waals surface area contributed by atoms with Gasteiger partial charge in [0.25, 0.3) is 5.91 Å². The Balaban J connectivity index is 1.93. The minimum Gasteiger partial charge on any atom is -0.373 e. The number of carbonyl (C=O) groups excluding carboxylic acids is 1. The van der Waals surface area contributed by atoms with Crippen LogP contribution in [0.15, 0.2) is 24.5 Å². The third-order valence-electron chi connectivity index (χ3n) is 3.83. The van der Waals surface area contributed by atoms with Crippen LogP contribution in [0.4, 0.5) is 5.69 Å². The van der Waals surface area contributed by atoms with Gasteiger partial charge in [-0.05, 0) is 30.2 Å². The molecule has 0 unspecified atom stereocenters. The highest BCUT2D eigenvalue weighted by Crippen LogP contribution is 2.38. The second-order valence-electron chi connectivity index (χ2n) is 5.33. The highest BCUT2D eigenvalue weighted by Gasteiger charge is 2.30. The molecule has 0 saturated heterocycles. The average Bonchev–Trinajstić information content (AvgIpc) is 3.12. The molecule has 0 spiro atoms. The summed E-state index contributed by atoms with van der Waals surface area (Å²) in [6.45, 7) is 3.57. The molecule has 1 aromatic carbocycles. The molecule has 1 aromatic heterocycles. The average molecular weight is 285 g/mol. The summed E-state index contributed by atoms with van der Waals surface area (Å²) in [5.74, 6) is 0.948. The second-order valence-corrected chi connectivity index (χ2v) is 5.33. The Morgan fingerprint density at radius 1 is 1.52 bits per heavy atom. The molecule has 0 radical (unpaired) electrons. The van der Waals surface area contributed by atoms with Crippen molar-refractivity contribution in [3.8, 4) is 0 Å². The number of carbonyl (C=O) groups is 1. The lowest BCUT2D eigenvalue weighted by atomic mass is 9.98. The molecule has 110 valence electrons. The van der Waals surface area contributed by atoms with E-state index in [-0.39, 0.29) is 11.8 Å². The molecular formula is C15H19N5O. The summed E-state index contributed by atoms with van der Waals surface area (Å²) in [5, 5.41) is 9.78. The Kier molecular flexibility index (Phi) is 3.60. The highest BCUT2D eigenvalue weighted by atomic mass is 16.1. The maximum absolute atomic E-state index is 12.1. The molecule has 6 nitrogen and oxygen atoms in total. The monoisotopic (exact) mass is 285 g/mol. The van der Waals surface area contributed by atoms with E-state index in [1.54, 1.807) is 0 Å². The van der Waals surface area contributed by atoms with Gasteiger partial charge in [-0.2, -0.15) is 5.10 Å². The van der Waals surface area contributed by atoms with Gasteiger partial charge in [-0.15, -0.1) is 0 Å². The van der Waals surface area contributed by atoms with Gasteiger partial charge in [-0.3, -0.25) is 9.89 Å². The van der Waals surface area contributed by atoms with Crippen molar-refractivity contribution < 1.29 is 4.79 Å². The Hall–Kier alpha value is -2.37. The Labute approximate surface area is 123 Å². The summed E-state index contributed by atoms with van der Waals surface area (Å²) in [4.78, 5) is 18.6. The van der Waals surface area contributed by atoms with Crippen LogP contribution >= 0.6 is 0 Å². The van der Waals surface area contributed by atoms with Crippen molar-refractivity contribution in [1.82, 2.24) is 20.5 Å². The third kappa shape index (κ3) is 2.49. The number of hydrogen-bond acceptors (Lipinski definition) is 4. The van der Waals surface area contributed by atoms with E-state index in [1.165, 1.54) is 6.33 Å². The van der Waals surface area contributed by atoms with E-state index in [2.05, 4.69) is 25.4 Å². The van der Waals surface area contributed by atoms with Crippen molar-refractivity contribution >= 4 is 11.6 Å². The normalized spacial score (nSPS) is 16.9. The van der Waals surface area contributed by atoms with Crippen LogP contribution in [0.1, 0.15) is 41.0 Å². The van der Waals surface area contributed by atoms with E-state index in [4.69, 9.17) is 0 Å². The number of likely N-dealkylation sites (N-methyl/N-ethyl adjacent to an activating group) is 1. The number of aromatic amines is 1. The zero-order chi connectivity index (χ0) is 14.8. The molecule has 21 heavy (non-hydrogen) atoms. The molecule has 0 aliphatic carbocycles. The van der Waals surface area contributed by atoms with Crippen molar-refractivity contribution in [2.24, 2.45) is 0 Å². The molecule has 2 N–H and O–H groups in total. The SMILES string of the molecule is CCCNC(=O)c1ccc2c(c1)[C@@H](c1ncn[nH]1)CN2C. The van der Waals surface area contributed by atoms with E-state index < -0.39 is 0 Å². The summed E-state index contributed by atoms with van der Waals surface area (Å²) in [6, 6.07) is 5.85. The van der Waals surface area contributed by atoms with Gasteiger partial charge >= 0.3 is 0 Å². The van der Waals surface area contributed by atoms with Crippen molar-refractivity contribution in [1.29, 1.82) is 0 Å². The van der Waals surface area contributed by atoms with Gasteiger partial charge < -0.3 is 10.2 Å². The first-order valence-electron chi connectivity index (χ1n) is 7.19. The Morgan fingerprint density at radius 2 is 2.38 bits per heavy atom. The van der Waals surface area contributed by atoms with E-state index in [0.717, 1.165) is 30.0 Å². The molecule has 2 aromatic rings. The predicted molar refractivity (Wildman–Crippen MR) is 80.6 cm³/mol. The third-order valence-corrected chi connectivity index (χ3v) is 3.83.